The van der Waals surface area contributed by atoms with Crippen LogP contribution in [0, 0.1) is 5.92 Å². The molecule has 2 heterocycles. The van der Waals surface area contributed by atoms with Crippen LogP contribution in [0.4, 0.5) is 5.69 Å². The molecular weight excluding hydrogens is 304 g/mol. The molecular formula is C23H24N2. The first-order chi connectivity index (χ1) is 12.2. The number of aromatic amines is 1. The Morgan fingerprint density at radius 2 is 1.88 bits per heavy atom. The van der Waals surface area contributed by atoms with Gasteiger partial charge in [-0.1, -0.05) is 62.4 Å². The summed E-state index contributed by atoms with van der Waals surface area (Å²) < 4.78 is 0. The minimum absolute atomic E-state index is 0.351. The van der Waals surface area contributed by atoms with Crippen molar-refractivity contribution in [3.8, 4) is 0 Å². The Kier molecular flexibility index (Phi) is 3.27. The molecule has 2 nitrogen and oxygen atoms in total. The van der Waals surface area contributed by atoms with Crippen LogP contribution in [0.2, 0.25) is 0 Å². The van der Waals surface area contributed by atoms with Gasteiger partial charge in [0, 0.05) is 28.7 Å². The van der Waals surface area contributed by atoms with Gasteiger partial charge in [0.1, 0.15) is 0 Å². The number of benzene rings is 2. The van der Waals surface area contributed by atoms with Gasteiger partial charge < -0.3 is 10.3 Å². The number of anilines is 1. The van der Waals surface area contributed by atoms with Gasteiger partial charge in [0.05, 0.1) is 6.04 Å². The van der Waals surface area contributed by atoms with E-state index in [9.17, 15) is 0 Å². The maximum absolute atomic E-state index is 3.95. The van der Waals surface area contributed by atoms with Crippen molar-refractivity contribution in [1.82, 2.24) is 4.98 Å². The summed E-state index contributed by atoms with van der Waals surface area (Å²) >= 11 is 0. The zero-order valence-corrected chi connectivity index (χ0v) is 14.8. The highest BCUT2D eigenvalue weighted by Crippen LogP contribution is 2.52. The lowest BCUT2D eigenvalue weighted by Gasteiger charge is -2.38. The van der Waals surface area contributed by atoms with E-state index in [2.05, 4.69) is 85.0 Å². The van der Waals surface area contributed by atoms with E-state index in [0.29, 0.717) is 23.8 Å². The minimum Gasteiger partial charge on any atom is -0.377 e. The summed E-state index contributed by atoms with van der Waals surface area (Å²) in [6, 6.07) is 15.8. The Bertz CT molecular complexity index is 963. The smallest absolute Gasteiger partial charge is 0.0575 e. The van der Waals surface area contributed by atoms with Gasteiger partial charge in [-0.05, 0) is 41.0 Å². The Hall–Kier alpha value is -2.48. The van der Waals surface area contributed by atoms with Crippen LogP contribution in [0.1, 0.15) is 54.8 Å². The number of rotatable bonds is 2. The van der Waals surface area contributed by atoms with Crippen molar-refractivity contribution in [2.45, 2.75) is 38.1 Å². The van der Waals surface area contributed by atoms with Gasteiger partial charge in [0.25, 0.3) is 0 Å². The number of fused-ring (bicyclic) bond motifs is 4. The molecule has 1 aromatic heterocycles. The molecule has 2 heteroatoms. The predicted molar refractivity (Wildman–Crippen MR) is 105 cm³/mol. The van der Waals surface area contributed by atoms with Gasteiger partial charge in [0.15, 0.2) is 0 Å². The molecule has 0 fully saturated rings. The van der Waals surface area contributed by atoms with Crippen LogP contribution in [-0.2, 0) is 0 Å². The van der Waals surface area contributed by atoms with E-state index in [1.54, 1.807) is 0 Å². The predicted octanol–water partition coefficient (Wildman–Crippen LogP) is 6.12. The fourth-order valence-corrected chi connectivity index (χ4v) is 4.79. The highest BCUT2D eigenvalue weighted by atomic mass is 15.0. The summed E-state index contributed by atoms with van der Waals surface area (Å²) in [6.45, 7) is 4.57. The first-order valence-corrected chi connectivity index (χ1v) is 9.36. The molecule has 0 saturated carbocycles. The third-order valence-corrected chi connectivity index (χ3v) is 6.01. The molecule has 25 heavy (non-hydrogen) atoms. The van der Waals surface area contributed by atoms with Crippen LogP contribution in [0.3, 0.4) is 0 Å². The van der Waals surface area contributed by atoms with Gasteiger partial charge in [-0.2, -0.15) is 0 Å². The molecule has 3 aromatic rings. The molecule has 0 spiro atoms. The van der Waals surface area contributed by atoms with Crippen LogP contribution in [0.5, 0.6) is 0 Å². The van der Waals surface area contributed by atoms with E-state index in [1.807, 2.05) is 0 Å². The van der Waals surface area contributed by atoms with Crippen molar-refractivity contribution in [3.63, 3.8) is 0 Å². The van der Waals surface area contributed by atoms with Crippen LogP contribution >= 0.6 is 0 Å². The number of allylic oxidation sites excluding steroid dienone is 2. The van der Waals surface area contributed by atoms with Gasteiger partial charge in [-0.15, -0.1) is 0 Å². The average Bonchev–Trinajstić information content (AvgIpc) is 3.28. The summed E-state index contributed by atoms with van der Waals surface area (Å²) in [5, 5.41) is 5.30. The highest BCUT2D eigenvalue weighted by Gasteiger charge is 2.39. The summed E-state index contributed by atoms with van der Waals surface area (Å²) in [5.74, 6) is 1.63. The maximum Gasteiger partial charge on any atom is 0.0575 e. The van der Waals surface area contributed by atoms with Crippen LogP contribution < -0.4 is 5.32 Å². The molecule has 126 valence electrons. The second kappa shape index (κ2) is 5.52. The number of aromatic nitrogens is 1. The molecule has 1 aliphatic heterocycles. The second-order valence-corrected chi connectivity index (χ2v) is 7.73. The van der Waals surface area contributed by atoms with Crippen molar-refractivity contribution in [3.05, 3.63) is 77.5 Å². The van der Waals surface area contributed by atoms with Crippen molar-refractivity contribution in [2.24, 2.45) is 5.92 Å². The topological polar surface area (TPSA) is 27.8 Å². The van der Waals surface area contributed by atoms with E-state index < -0.39 is 0 Å². The molecule has 1 aliphatic carbocycles. The minimum atomic E-state index is 0.351. The molecule has 2 aliphatic rings. The summed E-state index contributed by atoms with van der Waals surface area (Å²) in [6.07, 6.45) is 8.15. The largest absolute Gasteiger partial charge is 0.377 e. The van der Waals surface area contributed by atoms with Crippen molar-refractivity contribution >= 4 is 16.6 Å². The van der Waals surface area contributed by atoms with Crippen LogP contribution in [-0.4, -0.2) is 4.98 Å². The molecule has 0 bridgehead atoms. The molecule has 0 amide bonds. The molecule has 0 radical (unpaired) electrons. The molecule has 2 aromatic carbocycles. The van der Waals surface area contributed by atoms with Gasteiger partial charge >= 0.3 is 0 Å². The Balaban J connectivity index is 1.68. The molecule has 5 rings (SSSR count). The van der Waals surface area contributed by atoms with Crippen molar-refractivity contribution < 1.29 is 0 Å². The Morgan fingerprint density at radius 3 is 2.76 bits per heavy atom. The fraction of sp³-hybridized carbons (Fsp3) is 0.304. The second-order valence-electron chi connectivity index (χ2n) is 7.73. The molecule has 0 saturated heterocycles. The molecule has 3 atom stereocenters. The molecule has 2 N–H and O–H groups in total. The van der Waals surface area contributed by atoms with Gasteiger partial charge in [0.2, 0.25) is 0 Å². The zero-order valence-electron chi connectivity index (χ0n) is 14.8. The third-order valence-electron chi connectivity index (χ3n) is 6.01. The van der Waals surface area contributed by atoms with Crippen LogP contribution in [0.25, 0.3) is 10.9 Å². The number of H-pyrrole nitrogens is 1. The Morgan fingerprint density at radius 1 is 1.00 bits per heavy atom. The van der Waals surface area contributed by atoms with E-state index >= 15 is 0 Å². The zero-order chi connectivity index (χ0) is 17.0. The first kappa shape index (κ1) is 14.8. The summed E-state index contributed by atoms with van der Waals surface area (Å²) in [7, 11) is 0. The third kappa shape index (κ3) is 2.17. The summed E-state index contributed by atoms with van der Waals surface area (Å²) in [5.41, 5.74) is 6.89. The number of hydrogen-bond donors (Lipinski definition) is 2. The SMILES string of the molecule is CC(C)c1cccc2c1NC(c1c[nH]c3ccccc13)C1CC=CC21. The number of nitrogens with one attached hydrogen (secondary N) is 2. The maximum atomic E-state index is 3.95. The van der Waals surface area contributed by atoms with Crippen molar-refractivity contribution in [2.75, 3.05) is 5.32 Å². The lowest BCUT2D eigenvalue weighted by Crippen LogP contribution is -2.29. The average molecular weight is 328 g/mol. The van der Waals surface area contributed by atoms with E-state index in [4.69, 9.17) is 0 Å². The normalized spacial score (nSPS) is 24.4. The quantitative estimate of drug-likeness (QED) is 0.545. The fourth-order valence-electron chi connectivity index (χ4n) is 4.79. The van der Waals surface area contributed by atoms with Crippen LogP contribution in [0.15, 0.2) is 60.8 Å². The van der Waals surface area contributed by atoms with E-state index in [1.165, 1.54) is 33.3 Å². The van der Waals surface area contributed by atoms with Gasteiger partial charge in [-0.25, -0.2) is 0 Å². The van der Waals surface area contributed by atoms with E-state index in [0.717, 1.165) is 6.42 Å². The number of para-hydroxylation sites is 2. The molecule has 3 unspecified atom stereocenters. The lowest BCUT2D eigenvalue weighted by atomic mass is 9.75. The Labute approximate surface area is 149 Å². The first-order valence-electron chi connectivity index (χ1n) is 9.36. The summed E-state index contributed by atoms with van der Waals surface area (Å²) in [4.78, 5) is 3.47. The van der Waals surface area contributed by atoms with E-state index in [-0.39, 0.29) is 0 Å². The highest BCUT2D eigenvalue weighted by molar-refractivity contribution is 5.84. The number of hydrogen-bond acceptors (Lipinski definition) is 1. The van der Waals surface area contributed by atoms with Gasteiger partial charge in [-0.3, -0.25) is 0 Å². The lowest BCUT2D eigenvalue weighted by molar-refractivity contribution is 0.426. The standard InChI is InChI=1S/C23H24N2/c1-14(2)15-8-5-10-18-16-9-6-11-19(16)23(25-22(15)18)20-13-24-21-12-4-3-7-17(20)21/h3-10,12-14,16,19,23-25H,11H2,1-2H3. The monoisotopic (exact) mass is 328 g/mol. The van der Waals surface area contributed by atoms with Crippen molar-refractivity contribution in [1.29, 1.82) is 0 Å².